The number of benzene rings is 1. The van der Waals surface area contributed by atoms with E-state index in [-0.39, 0.29) is 19.1 Å². The van der Waals surface area contributed by atoms with E-state index in [2.05, 4.69) is 16.6 Å². The van der Waals surface area contributed by atoms with Gasteiger partial charge in [0.15, 0.2) is 18.1 Å². The molecular formula is C15H19ClN2O3. The highest BCUT2D eigenvalue weighted by molar-refractivity contribution is 6.30. The average molecular weight is 311 g/mol. The molecule has 0 saturated carbocycles. The minimum Gasteiger partial charge on any atom is -0.493 e. The Balaban J connectivity index is 2.86. The number of ether oxygens (including phenoxy) is 2. The third-order valence-electron chi connectivity index (χ3n) is 2.62. The van der Waals surface area contributed by atoms with E-state index >= 15 is 0 Å². The second-order valence-electron chi connectivity index (χ2n) is 4.15. The molecule has 0 heterocycles. The van der Waals surface area contributed by atoms with Crippen LogP contribution >= 0.6 is 11.6 Å². The Morgan fingerprint density at radius 3 is 2.86 bits per heavy atom. The Morgan fingerprint density at radius 2 is 2.24 bits per heavy atom. The highest BCUT2D eigenvalue weighted by Gasteiger charge is 2.14. The number of carbonyl (C=O) groups is 1. The number of methoxy groups -OCH3 is 1. The number of halogens is 1. The molecule has 0 fully saturated rings. The SMILES string of the molecule is C#CCNC(=O)COc1c(CNCC)cc(Cl)cc1OC. The Hall–Kier alpha value is -1.90. The molecule has 1 aromatic rings. The van der Waals surface area contributed by atoms with Gasteiger partial charge in [0.1, 0.15) is 0 Å². The van der Waals surface area contributed by atoms with Gasteiger partial charge in [-0.3, -0.25) is 4.79 Å². The zero-order valence-corrected chi connectivity index (χ0v) is 12.9. The van der Waals surface area contributed by atoms with Crippen LogP contribution < -0.4 is 20.1 Å². The summed E-state index contributed by atoms with van der Waals surface area (Å²) in [5, 5.41) is 6.26. The largest absolute Gasteiger partial charge is 0.493 e. The van der Waals surface area contributed by atoms with Crippen molar-refractivity contribution in [2.75, 3.05) is 26.8 Å². The van der Waals surface area contributed by atoms with E-state index < -0.39 is 0 Å². The number of hydrogen-bond acceptors (Lipinski definition) is 4. The smallest absolute Gasteiger partial charge is 0.258 e. The third-order valence-corrected chi connectivity index (χ3v) is 2.84. The van der Waals surface area contributed by atoms with Crippen LogP contribution in [-0.2, 0) is 11.3 Å². The van der Waals surface area contributed by atoms with E-state index in [1.54, 1.807) is 12.1 Å². The number of hydrogen-bond donors (Lipinski definition) is 2. The zero-order valence-electron chi connectivity index (χ0n) is 12.2. The maximum Gasteiger partial charge on any atom is 0.258 e. The molecule has 0 aliphatic carbocycles. The standard InChI is InChI=1S/C15H19ClN2O3/c1-4-6-18-14(19)10-21-15-11(9-17-5-2)7-12(16)8-13(15)20-3/h1,7-8,17H,5-6,9-10H2,2-3H3,(H,18,19). The van der Waals surface area contributed by atoms with Crippen molar-refractivity contribution in [1.82, 2.24) is 10.6 Å². The Bertz CT molecular complexity index is 526. The van der Waals surface area contributed by atoms with Crippen molar-refractivity contribution in [3.63, 3.8) is 0 Å². The van der Waals surface area contributed by atoms with E-state index in [9.17, 15) is 4.79 Å². The van der Waals surface area contributed by atoms with Crippen LogP contribution in [0.15, 0.2) is 12.1 Å². The van der Waals surface area contributed by atoms with Gasteiger partial charge in [0, 0.05) is 23.2 Å². The predicted octanol–water partition coefficient (Wildman–Crippen LogP) is 1.59. The molecule has 0 bridgehead atoms. The molecule has 2 N–H and O–H groups in total. The fraction of sp³-hybridized carbons (Fsp3) is 0.400. The summed E-state index contributed by atoms with van der Waals surface area (Å²) in [6, 6.07) is 3.42. The van der Waals surface area contributed by atoms with E-state index in [1.165, 1.54) is 7.11 Å². The van der Waals surface area contributed by atoms with Gasteiger partial charge in [-0.25, -0.2) is 0 Å². The van der Waals surface area contributed by atoms with Crippen LogP contribution in [0.1, 0.15) is 12.5 Å². The van der Waals surface area contributed by atoms with Crippen LogP contribution in [0.25, 0.3) is 0 Å². The second-order valence-corrected chi connectivity index (χ2v) is 4.58. The lowest BCUT2D eigenvalue weighted by Gasteiger charge is -2.15. The first-order valence-electron chi connectivity index (χ1n) is 6.52. The summed E-state index contributed by atoms with van der Waals surface area (Å²) in [5.74, 6) is 3.02. The Morgan fingerprint density at radius 1 is 1.48 bits per heavy atom. The summed E-state index contributed by atoms with van der Waals surface area (Å²) in [6.07, 6.45) is 5.08. The highest BCUT2D eigenvalue weighted by Crippen LogP contribution is 2.34. The zero-order chi connectivity index (χ0) is 15.7. The molecule has 0 aliphatic heterocycles. The molecule has 1 aromatic carbocycles. The predicted molar refractivity (Wildman–Crippen MR) is 82.7 cm³/mol. The summed E-state index contributed by atoms with van der Waals surface area (Å²) in [4.78, 5) is 11.6. The maximum absolute atomic E-state index is 11.6. The molecule has 1 amide bonds. The average Bonchev–Trinajstić information content (AvgIpc) is 2.48. The van der Waals surface area contributed by atoms with Crippen LogP contribution in [-0.4, -0.2) is 32.7 Å². The Kier molecular flexibility index (Phi) is 7.44. The van der Waals surface area contributed by atoms with Gasteiger partial charge in [0.05, 0.1) is 13.7 Å². The van der Waals surface area contributed by atoms with Crippen molar-refractivity contribution in [1.29, 1.82) is 0 Å². The fourth-order valence-electron chi connectivity index (χ4n) is 1.67. The molecule has 0 atom stereocenters. The molecule has 5 nitrogen and oxygen atoms in total. The van der Waals surface area contributed by atoms with E-state index in [1.807, 2.05) is 6.92 Å². The van der Waals surface area contributed by atoms with Gasteiger partial charge >= 0.3 is 0 Å². The fourth-order valence-corrected chi connectivity index (χ4v) is 1.90. The van der Waals surface area contributed by atoms with E-state index in [4.69, 9.17) is 27.5 Å². The number of amides is 1. The van der Waals surface area contributed by atoms with Crippen LogP contribution in [0.2, 0.25) is 5.02 Å². The monoisotopic (exact) mass is 310 g/mol. The summed E-state index contributed by atoms with van der Waals surface area (Å²) in [6.45, 7) is 3.39. The van der Waals surface area contributed by atoms with Gasteiger partial charge in [0.25, 0.3) is 5.91 Å². The first-order chi connectivity index (χ1) is 10.1. The molecule has 0 saturated heterocycles. The van der Waals surface area contributed by atoms with Crippen LogP contribution in [0.5, 0.6) is 11.5 Å². The first kappa shape index (κ1) is 17.2. The first-order valence-corrected chi connectivity index (χ1v) is 6.90. The van der Waals surface area contributed by atoms with E-state index in [0.717, 1.165) is 12.1 Å². The van der Waals surface area contributed by atoms with Crippen LogP contribution in [0.4, 0.5) is 0 Å². The summed E-state index contributed by atoms with van der Waals surface area (Å²) >= 11 is 6.05. The topological polar surface area (TPSA) is 59.6 Å². The summed E-state index contributed by atoms with van der Waals surface area (Å²) in [7, 11) is 1.52. The van der Waals surface area contributed by atoms with Crippen molar-refractivity contribution in [3.05, 3.63) is 22.7 Å². The van der Waals surface area contributed by atoms with Crippen molar-refractivity contribution in [3.8, 4) is 23.8 Å². The van der Waals surface area contributed by atoms with Gasteiger partial charge in [-0.15, -0.1) is 6.42 Å². The minimum absolute atomic E-state index is 0.140. The van der Waals surface area contributed by atoms with E-state index in [0.29, 0.717) is 23.1 Å². The van der Waals surface area contributed by atoms with Crippen molar-refractivity contribution >= 4 is 17.5 Å². The number of terminal acetylenes is 1. The normalized spacial score (nSPS) is 9.81. The Labute approximate surface area is 130 Å². The number of carbonyl (C=O) groups excluding carboxylic acids is 1. The van der Waals surface area contributed by atoms with Gasteiger partial charge < -0.3 is 20.1 Å². The third kappa shape index (κ3) is 5.54. The summed E-state index contributed by atoms with van der Waals surface area (Å²) in [5.41, 5.74) is 0.825. The molecule has 21 heavy (non-hydrogen) atoms. The quantitative estimate of drug-likeness (QED) is 0.716. The minimum atomic E-state index is -0.292. The van der Waals surface area contributed by atoms with Gasteiger partial charge in [-0.1, -0.05) is 24.4 Å². The van der Waals surface area contributed by atoms with Crippen LogP contribution in [0, 0.1) is 12.3 Å². The molecule has 0 spiro atoms. The number of rotatable bonds is 8. The highest BCUT2D eigenvalue weighted by atomic mass is 35.5. The lowest BCUT2D eigenvalue weighted by molar-refractivity contribution is -0.122. The molecule has 6 heteroatoms. The lowest BCUT2D eigenvalue weighted by atomic mass is 10.2. The van der Waals surface area contributed by atoms with Gasteiger partial charge in [-0.05, 0) is 12.6 Å². The second kappa shape index (κ2) is 9.11. The molecule has 0 aliphatic rings. The lowest BCUT2D eigenvalue weighted by Crippen LogP contribution is -2.29. The van der Waals surface area contributed by atoms with Crippen LogP contribution in [0.3, 0.4) is 0 Å². The number of nitrogens with one attached hydrogen (secondary N) is 2. The van der Waals surface area contributed by atoms with Crippen molar-refractivity contribution in [2.24, 2.45) is 0 Å². The molecule has 1 rings (SSSR count). The molecule has 114 valence electrons. The van der Waals surface area contributed by atoms with Gasteiger partial charge in [0.2, 0.25) is 0 Å². The van der Waals surface area contributed by atoms with Crippen molar-refractivity contribution in [2.45, 2.75) is 13.5 Å². The van der Waals surface area contributed by atoms with Gasteiger partial charge in [-0.2, -0.15) is 0 Å². The van der Waals surface area contributed by atoms with Crippen molar-refractivity contribution < 1.29 is 14.3 Å². The summed E-state index contributed by atoms with van der Waals surface area (Å²) < 4.78 is 10.8. The molecule has 0 unspecified atom stereocenters. The molecule has 0 aromatic heterocycles. The molecular weight excluding hydrogens is 292 g/mol. The molecule has 0 radical (unpaired) electrons. The maximum atomic E-state index is 11.6.